The van der Waals surface area contributed by atoms with E-state index in [9.17, 15) is 14.4 Å². The van der Waals surface area contributed by atoms with Gasteiger partial charge < -0.3 is 14.2 Å². The lowest BCUT2D eigenvalue weighted by molar-refractivity contribution is -0.167. The SMILES string of the molecule is CC/C=C\C/C=C\C/C=C\C/C=C\CCCCCCCCC(=O)OC(COC(=O)CCCCCCC/C=C\CCCC)COC(=O)CCCCCCCCCCCCCCCCCCCCCCCCCCCCC. The maximum atomic E-state index is 12.9. The second-order valence-corrected chi connectivity index (χ2v) is 22.0. The molecule has 0 aromatic heterocycles. The minimum absolute atomic E-state index is 0.0798. The molecule has 0 aliphatic rings. The minimum atomic E-state index is -0.784. The molecular formula is C69H124O6. The lowest BCUT2D eigenvalue weighted by Gasteiger charge is -2.18. The number of hydrogen-bond acceptors (Lipinski definition) is 6. The van der Waals surface area contributed by atoms with E-state index in [2.05, 4.69) is 81.5 Å². The second-order valence-electron chi connectivity index (χ2n) is 22.0. The van der Waals surface area contributed by atoms with E-state index in [1.165, 1.54) is 199 Å². The lowest BCUT2D eigenvalue weighted by Crippen LogP contribution is -2.30. The van der Waals surface area contributed by atoms with Crippen molar-refractivity contribution in [1.29, 1.82) is 0 Å². The van der Waals surface area contributed by atoms with Gasteiger partial charge in [0.15, 0.2) is 6.10 Å². The number of hydrogen-bond donors (Lipinski definition) is 0. The summed E-state index contributed by atoms with van der Waals surface area (Å²) in [7, 11) is 0. The van der Waals surface area contributed by atoms with Crippen molar-refractivity contribution in [2.45, 2.75) is 348 Å². The summed E-state index contributed by atoms with van der Waals surface area (Å²) in [6.45, 7) is 6.52. The standard InChI is InChI=1S/C69H124O6/c1-4-7-10-13-16-19-22-24-26-28-30-31-32-33-34-35-36-37-39-40-42-44-47-50-53-56-59-62-68(71)74-65-66(64-73-67(70)61-58-55-52-49-46-21-18-15-12-9-6-3)75-69(72)63-60-57-54-51-48-45-43-41-38-29-27-25-23-20-17-14-11-8-5-2/h8,11,15,17-18,20,25,27,38,41,66H,4-7,9-10,12-14,16,19,21-24,26,28-37,39-40,42-65H2,1-3H3/b11-8-,18-15-,20-17-,27-25-,41-38-. The van der Waals surface area contributed by atoms with Gasteiger partial charge in [0, 0.05) is 19.3 Å². The lowest BCUT2D eigenvalue weighted by atomic mass is 10.0. The quantitative estimate of drug-likeness (QED) is 0.0261. The van der Waals surface area contributed by atoms with Crippen molar-refractivity contribution >= 4 is 17.9 Å². The maximum absolute atomic E-state index is 12.9. The Labute approximate surface area is 466 Å². The molecule has 0 aliphatic heterocycles. The molecule has 0 amide bonds. The van der Waals surface area contributed by atoms with Crippen LogP contribution >= 0.6 is 0 Å². The molecular weight excluding hydrogens is 925 g/mol. The van der Waals surface area contributed by atoms with Gasteiger partial charge in [0.1, 0.15) is 13.2 Å². The topological polar surface area (TPSA) is 78.9 Å². The molecule has 0 saturated heterocycles. The fourth-order valence-electron chi connectivity index (χ4n) is 9.59. The van der Waals surface area contributed by atoms with Crippen LogP contribution in [-0.2, 0) is 28.6 Å². The fraction of sp³-hybridized carbons (Fsp3) is 0.812. The van der Waals surface area contributed by atoms with Crippen LogP contribution in [0.25, 0.3) is 0 Å². The molecule has 1 unspecified atom stereocenters. The van der Waals surface area contributed by atoms with Crippen LogP contribution in [0.2, 0.25) is 0 Å². The predicted molar refractivity (Wildman–Crippen MR) is 325 cm³/mol. The summed E-state index contributed by atoms with van der Waals surface area (Å²) < 4.78 is 16.9. The van der Waals surface area contributed by atoms with E-state index in [1.54, 1.807) is 0 Å². The molecule has 0 rings (SSSR count). The van der Waals surface area contributed by atoms with E-state index in [1.807, 2.05) is 0 Å². The molecule has 0 saturated carbocycles. The van der Waals surface area contributed by atoms with E-state index in [4.69, 9.17) is 14.2 Å². The summed E-state index contributed by atoms with van der Waals surface area (Å²) in [6.07, 6.45) is 81.1. The largest absolute Gasteiger partial charge is 0.462 e. The van der Waals surface area contributed by atoms with Crippen molar-refractivity contribution in [2.75, 3.05) is 13.2 Å². The summed E-state index contributed by atoms with van der Waals surface area (Å²) in [5, 5.41) is 0. The highest BCUT2D eigenvalue weighted by Gasteiger charge is 2.19. The summed E-state index contributed by atoms with van der Waals surface area (Å²) in [5.74, 6) is -0.887. The van der Waals surface area contributed by atoms with Crippen molar-refractivity contribution in [3.63, 3.8) is 0 Å². The van der Waals surface area contributed by atoms with Gasteiger partial charge in [0.25, 0.3) is 0 Å². The van der Waals surface area contributed by atoms with Gasteiger partial charge in [-0.15, -0.1) is 0 Å². The molecule has 6 nitrogen and oxygen atoms in total. The van der Waals surface area contributed by atoms with Gasteiger partial charge in [0.05, 0.1) is 0 Å². The highest BCUT2D eigenvalue weighted by molar-refractivity contribution is 5.71. The van der Waals surface area contributed by atoms with Crippen LogP contribution in [0.5, 0.6) is 0 Å². The smallest absolute Gasteiger partial charge is 0.306 e. The molecule has 0 aliphatic carbocycles. The van der Waals surface area contributed by atoms with E-state index in [0.29, 0.717) is 19.3 Å². The van der Waals surface area contributed by atoms with E-state index >= 15 is 0 Å². The Morgan fingerprint density at radius 3 is 0.867 bits per heavy atom. The monoisotopic (exact) mass is 1050 g/mol. The zero-order chi connectivity index (χ0) is 54.3. The van der Waals surface area contributed by atoms with Crippen molar-refractivity contribution in [3.05, 3.63) is 60.8 Å². The van der Waals surface area contributed by atoms with Gasteiger partial charge in [-0.2, -0.15) is 0 Å². The van der Waals surface area contributed by atoms with Crippen LogP contribution in [0.4, 0.5) is 0 Å². The van der Waals surface area contributed by atoms with Crippen LogP contribution in [-0.4, -0.2) is 37.2 Å². The van der Waals surface area contributed by atoms with Crippen LogP contribution in [0.3, 0.4) is 0 Å². The average Bonchev–Trinajstić information content (AvgIpc) is 3.41. The molecule has 0 bridgehead atoms. The van der Waals surface area contributed by atoms with Gasteiger partial charge >= 0.3 is 17.9 Å². The number of carbonyl (C=O) groups excluding carboxylic acids is 3. The number of rotatable bonds is 60. The number of ether oxygens (including phenoxy) is 3. The highest BCUT2D eigenvalue weighted by Crippen LogP contribution is 2.18. The summed E-state index contributed by atoms with van der Waals surface area (Å²) in [6, 6.07) is 0. The van der Waals surface area contributed by atoms with Crippen LogP contribution in [0, 0.1) is 0 Å². The van der Waals surface area contributed by atoms with Gasteiger partial charge in [0.2, 0.25) is 0 Å². The Bertz CT molecular complexity index is 1340. The Morgan fingerprint density at radius 1 is 0.280 bits per heavy atom. The van der Waals surface area contributed by atoms with E-state index < -0.39 is 6.10 Å². The molecule has 6 heteroatoms. The van der Waals surface area contributed by atoms with Gasteiger partial charge in [-0.3, -0.25) is 14.4 Å². The number of unbranched alkanes of at least 4 members (excludes halogenated alkanes) is 39. The molecule has 0 aromatic rings. The van der Waals surface area contributed by atoms with Crippen LogP contribution in [0.1, 0.15) is 342 Å². The molecule has 0 aromatic carbocycles. The van der Waals surface area contributed by atoms with Gasteiger partial charge in [-0.25, -0.2) is 0 Å². The number of allylic oxidation sites excluding steroid dienone is 10. The fourth-order valence-corrected chi connectivity index (χ4v) is 9.59. The molecule has 75 heavy (non-hydrogen) atoms. The van der Waals surface area contributed by atoms with Crippen LogP contribution < -0.4 is 0 Å². The van der Waals surface area contributed by atoms with E-state index in [-0.39, 0.29) is 31.1 Å². The third kappa shape index (κ3) is 61.8. The second kappa shape index (κ2) is 63.6. The van der Waals surface area contributed by atoms with Crippen molar-refractivity contribution in [3.8, 4) is 0 Å². The first-order valence-corrected chi connectivity index (χ1v) is 32.8. The van der Waals surface area contributed by atoms with E-state index in [0.717, 1.165) is 103 Å². The zero-order valence-electron chi connectivity index (χ0n) is 50.1. The zero-order valence-corrected chi connectivity index (χ0v) is 50.1. The minimum Gasteiger partial charge on any atom is -0.462 e. The molecule has 0 heterocycles. The third-order valence-electron chi connectivity index (χ3n) is 14.5. The van der Waals surface area contributed by atoms with Gasteiger partial charge in [-0.1, -0.05) is 306 Å². The van der Waals surface area contributed by atoms with Crippen molar-refractivity contribution in [1.82, 2.24) is 0 Å². The Kier molecular flexibility index (Phi) is 61.2. The molecule has 0 spiro atoms. The molecule has 1 atom stereocenters. The normalized spacial score (nSPS) is 12.4. The molecule has 0 N–H and O–H groups in total. The Hall–Kier alpha value is -2.89. The maximum Gasteiger partial charge on any atom is 0.306 e. The Balaban J connectivity index is 4.20. The Morgan fingerprint density at radius 2 is 0.533 bits per heavy atom. The van der Waals surface area contributed by atoms with Gasteiger partial charge in [-0.05, 0) is 77.0 Å². The summed E-state index contributed by atoms with van der Waals surface area (Å²) >= 11 is 0. The number of carbonyl (C=O) groups is 3. The molecule has 0 fully saturated rings. The van der Waals surface area contributed by atoms with Crippen molar-refractivity contribution < 1.29 is 28.6 Å². The molecule has 436 valence electrons. The third-order valence-corrected chi connectivity index (χ3v) is 14.5. The van der Waals surface area contributed by atoms with Crippen molar-refractivity contribution in [2.24, 2.45) is 0 Å². The predicted octanol–water partition coefficient (Wildman–Crippen LogP) is 22.3. The number of esters is 3. The van der Waals surface area contributed by atoms with Crippen LogP contribution in [0.15, 0.2) is 60.8 Å². The first kappa shape index (κ1) is 72.1. The highest BCUT2D eigenvalue weighted by atomic mass is 16.6. The molecule has 0 radical (unpaired) electrons. The first-order chi connectivity index (χ1) is 37.0. The average molecular weight is 1050 g/mol. The summed E-state index contributed by atoms with van der Waals surface area (Å²) in [5.41, 5.74) is 0. The summed E-state index contributed by atoms with van der Waals surface area (Å²) in [4.78, 5) is 38.2. The first-order valence-electron chi connectivity index (χ1n) is 32.8.